The van der Waals surface area contributed by atoms with E-state index in [9.17, 15) is 18.0 Å². The highest BCUT2D eigenvalue weighted by Gasteiger charge is 2.25. The Morgan fingerprint density at radius 1 is 1.00 bits per heavy atom. The zero-order valence-electron chi connectivity index (χ0n) is 18.6. The van der Waals surface area contributed by atoms with Gasteiger partial charge in [0.25, 0.3) is 5.91 Å². The van der Waals surface area contributed by atoms with Gasteiger partial charge in [0.2, 0.25) is 10.0 Å². The highest BCUT2D eigenvalue weighted by molar-refractivity contribution is 7.88. The molecule has 1 aliphatic rings. The predicted octanol–water partition coefficient (Wildman–Crippen LogP) is 1.90. The number of amides is 1. The summed E-state index contributed by atoms with van der Waals surface area (Å²) in [6.07, 6.45) is 0. The fraction of sp³-hybridized carbons (Fsp3) is 0.364. The van der Waals surface area contributed by atoms with E-state index in [-0.39, 0.29) is 22.6 Å². The van der Waals surface area contributed by atoms with E-state index >= 15 is 0 Å². The normalized spacial score (nSPS) is 14.4. The third kappa shape index (κ3) is 5.81. The molecule has 1 fully saturated rings. The van der Waals surface area contributed by atoms with Gasteiger partial charge in [0, 0.05) is 30.8 Å². The molecule has 0 spiro atoms. The molecule has 2 aromatic carbocycles. The van der Waals surface area contributed by atoms with Crippen LogP contribution >= 0.6 is 0 Å². The first kappa shape index (κ1) is 24.5. The van der Waals surface area contributed by atoms with Crippen molar-refractivity contribution >= 4 is 27.6 Å². The van der Waals surface area contributed by atoms with Crippen molar-refractivity contribution in [3.8, 4) is 11.5 Å². The second-order valence-electron chi connectivity index (χ2n) is 7.16. The number of methoxy groups -OCH3 is 3. The first-order valence-electron chi connectivity index (χ1n) is 10.1. The molecule has 0 saturated carbocycles. The second kappa shape index (κ2) is 10.6. The van der Waals surface area contributed by atoms with Crippen molar-refractivity contribution in [1.29, 1.82) is 0 Å². The van der Waals surface area contributed by atoms with Gasteiger partial charge < -0.3 is 24.3 Å². The Kier molecular flexibility index (Phi) is 7.90. The fourth-order valence-corrected chi connectivity index (χ4v) is 4.84. The first-order valence-corrected chi connectivity index (χ1v) is 11.7. The number of anilines is 1. The maximum atomic E-state index is 12.8. The molecule has 1 N–H and O–H groups in total. The lowest BCUT2D eigenvalue weighted by Gasteiger charge is -2.26. The predicted molar refractivity (Wildman–Crippen MR) is 120 cm³/mol. The van der Waals surface area contributed by atoms with Crippen LogP contribution in [0.5, 0.6) is 11.5 Å². The summed E-state index contributed by atoms with van der Waals surface area (Å²) in [7, 11) is 0.620. The van der Waals surface area contributed by atoms with Gasteiger partial charge in [-0.1, -0.05) is 12.1 Å². The molecule has 1 amide bonds. The minimum atomic E-state index is -3.47. The SMILES string of the molecule is COC(=O)c1cc(OC)c(OC)cc1NC(=O)c1ccc(CS(=O)(=O)N2CCOCC2)cc1. The molecule has 0 atom stereocenters. The molecular weight excluding hydrogens is 452 g/mol. The van der Waals surface area contributed by atoms with E-state index in [1.807, 2.05) is 0 Å². The Morgan fingerprint density at radius 2 is 1.61 bits per heavy atom. The van der Waals surface area contributed by atoms with E-state index in [0.29, 0.717) is 43.4 Å². The van der Waals surface area contributed by atoms with Gasteiger partial charge in [-0.2, -0.15) is 4.31 Å². The van der Waals surface area contributed by atoms with Crippen LogP contribution in [0.3, 0.4) is 0 Å². The van der Waals surface area contributed by atoms with Gasteiger partial charge in [0.15, 0.2) is 11.5 Å². The molecule has 178 valence electrons. The number of hydrogen-bond acceptors (Lipinski definition) is 8. The van der Waals surface area contributed by atoms with Crippen LogP contribution in [0.1, 0.15) is 26.3 Å². The smallest absolute Gasteiger partial charge is 0.340 e. The molecule has 0 aromatic heterocycles. The zero-order valence-corrected chi connectivity index (χ0v) is 19.4. The molecule has 0 unspecified atom stereocenters. The Morgan fingerprint density at radius 3 is 2.18 bits per heavy atom. The molecule has 0 radical (unpaired) electrons. The van der Waals surface area contributed by atoms with E-state index in [0.717, 1.165) is 0 Å². The summed E-state index contributed by atoms with van der Waals surface area (Å²) in [5.41, 5.74) is 1.12. The quantitative estimate of drug-likeness (QED) is 0.571. The Labute approximate surface area is 192 Å². The van der Waals surface area contributed by atoms with Crippen molar-refractivity contribution in [2.24, 2.45) is 0 Å². The van der Waals surface area contributed by atoms with Crippen LogP contribution in [-0.2, 0) is 25.2 Å². The number of hydrogen-bond donors (Lipinski definition) is 1. The molecular formula is C22H26N2O8S. The van der Waals surface area contributed by atoms with Crippen LogP contribution < -0.4 is 14.8 Å². The fourth-order valence-electron chi connectivity index (χ4n) is 3.33. The number of sulfonamides is 1. The Hall–Kier alpha value is -3.15. The number of ether oxygens (including phenoxy) is 4. The molecule has 1 aliphatic heterocycles. The van der Waals surface area contributed by atoms with Crippen LogP contribution in [-0.4, -0.2) is 72.2 Å². The summed E-state index contributed by atoms with van der Waals surface area (Å²) in [4.78, 5) is 25.0. The van der Waals surface area contributed by atoms with Crippen molar-refractivity contribution < 1.29 is 37.0 Å². The average Bonchev–Trinajstić information content (AvgIpc) is 2.84. The average molecular weight is 479 g/mol. The lowest BCUT2D eigenvalue weighted by molar-refractivity contribution is 0.0601. The lowest BCUT2D eigenvalue weighted by atomic mass is 10.1. The van der Waals surface area contributed by atoms with Crippen molar-refractivity contribution in [3.05, 3.63) is 53.1 Å². The molecule has 11 heteroatoms. The highest BCUT2D eigenvalue weighted by atomic mass is 32.2. The van der Waals surface area contributed by atoms with Gasteiger partial charge >= 0.3 is 5.97 Å². The van der Waals surface area contributed by atoms with E-state index in [4.69, 9.17) is 18.9 Å². The molecule has 1 heterocycles. The minimum absolute atomic E-state index is 0.0942. The Balaban J connectivity index is 1.77. The summed E-state index contributed by atoms with van der Waals surface area (Å²) in [5, 5.41) is 2.67. The molecule has 10 nitrogen and oxygen atoms in total. The van der Waals surface area contributed by atoms with E-state index < -0.39 is 21.9 Å². The van der Waals surface area contributed by atoms with Crippen LogP contribution in [0, 0.1) is 0 Å². The van der Waals surface area contributed by atoms with Gasteiger partial charge in [-0.3, -0.25) is 4.79 Å². The van der Waals surface area contributed by atoms with Crippen molar-refractivity contribution in [1.82, 2.24) is 4.31 Å². The summed E-state index contributed by atoms with van der Waals surface area (Å²) < 4.78 is 47.0. The molecule has 0 aliphatic carbocycles. The van der Waals surface area contributed by atoms with E-state index in [1.165, 1.54) is 49.9 Å². The largest absolute Gasteiger partial charge is 0.493 e. The van der Waals surface area contributed by atoms with Crippen molar-refractivity contribution in [2.75, 3.05) is 52.9 Å². The van der Waals surface area contributed by atoms with Crippen molar-refractivity contribution in [3.63, 3.8) is 0 Å². The summed E-state index contributed by atoms with van der Waals surface area (Å²) in [5.74, 6) is -0.687. The van der Waals surface area contributed by atoms with Crippen LogP contribution in [0.2, 0.25) is 0 Å². The number of nitrogens with zero attached hydrogens (tertiary/aromatic N) is 1. The summed E-state index contributed by atoms with van der Waals surface area (Å²) in [6.45, 7) is 1.41. The number of esters is 1. The topological polar surface area (TPSA) is 120 Å². The number of rotatable bonds is 8. The second-order valence-corrected chi connectivity index (χ2v) is 9.13. The van der Waals surface area contributed by atoms with Crippen LogP contribution in [0.25, 0.3) is 0 Å². The monoisotopic (exact) mass is 478 g/mol. The number of carbonyl (C=O) groups excluding carboxylic acids is 2. The third-order valence-corrected chi connectivity index (χ3v) is 6.96. The number of morpholine rings is 1. The van der Waals surface area contributed by atoms with Gasteiger partial charge in [0.1, 0.15) is 0 Å². The molecule has 2 aromatic rings. The molecule has 1 saturated heterocycles. The van der Waals surface area contributed by atoms with Gasteiger partial charge in [0.05, 0.1) is 51.5 Å². The molecule has 3 rings (SSSR count). The van der Waals surface area contributed by atoms with Gasteiger partial charge in [-0.25, -0.2) is 13.2 Å². The molecule has 0 bridgehead atoms. The first-order chi connectivity index (χ1) is 15.8. The zero-order chi connectivity index (χ0) is 24.0. The van der Waals surface area contributed by atoms with Crippen LogP contribution in [0.4, 0.5) is 5.69 Å². The number of nitrogens with one attached hydrogen (secondary N) is 1. The Bertz CT molecular complexity index is 1110. The molecule has 33 heavy (non-hydrogen) atoms. The minimum Gasteiger partial charge on any atom is -0.493 e. The highest BCUT2D eigenvalue weighted by Crippen LogP contribution is 2.34. The van der Waals surface area contributed by atoms with Crippen molar-refractivity contribution in [2.45, 2.75) is 5.75 Å². The maximum absolute atomic E-state index is 12.8. The third-order valence-electron chi connectivity index (χ3n) is 5.11. The standard InChI is InChI=1S/C22H26N2O8S/c1-29-19-12-17(22(26)31-3)18(13-20(19)30-2)23-21(25)16-6-4-15(5-7-16)14-33(27,28)24-8-10-32-11-9-24/h4-7,12-13H,8-11,14H2,1-3H3,(H,23,25). The van der Waals surface area contributed by atoms with Crippen LogP contribution in [0.15, 0.2) is 36.4 Å². The van der Waals surface area contributed by atoms with E-state index in [1.54, 1.807) is 12.1 Å². The number of benzene rings is 2. The van der Waals surface area contributed by atoms with Gasteiger partial charge in [-0.05, 0) is 17.7 Å². The number of carbonyl (C=O) groups is 2. The lowest BCUT2D eigenvalue weighted by Crippen LogP contribution is -2.41. The summed E-state index contributed by atoms with van der Waals surface area (Å²) in [6, 6.07) is 9.10. The summed E-state index contributed by atoms with van der Waals surface area (Å²) >= 11 is 0. The van der Waals surface area contributed by atoms with Gasteiger partial charge in [-0.15, -0.1) is 0 Å². The van der Waals surface area contributed by atoms with E-state index in [2.05, 4.69) is 5.32 Å². The maximum Gasteiger partial charge on any atom is 0.340 e.